The SMILES string of the molecule is CCCCCCCCCCC/C=C\CCCCCC(CC[NH3+])[Si](OC)(OC)OC.[Cl-]. The van der Waals surface area contributed by atoms with Crippen LogP contribution >= 0.6 is 0 Å². The second-order valence-corrected chi connectivity index (χ2v) is 11.5. The summed E-state index contributed by atoms with van der Waals surface area (Å²) in [6.45, 7) is 3.18. The van der Waals surface area contributed by atoms with Gasteiger partial charge in [0.2, 0.25) is 0 Å². The number of rotatable bonds is 22. The van der Waals surface area contributed by atoms with E-state index in [1.165, 1.54) is 89.9 Å². The minimum absolute atomic E-state index is 0. The van der Waals surface area contributed by atoms with Crippen molar-refractivity contribution < 1.29 is 31.4 Å². The van der Waals surface area contributed by atoms with Crippen molar-refractivity contribution in [3.05, 3.63) is 12.2 Å². The molecular weight excluding hydrogens is 414 g/mol. The lowest BCUT2D eigenvalue weighted by molar-refractivity contribution is -0.368. The normalized spacial score (nSPS) is 13.0. The molecule has 0 radical (unpaired) electrons. The lowest BCUT2D eigenvalue weighted by atomic mass is 10.1. The van der Waals surface area contributed by atoms with Gasteiger partial charge in [-0.2, -0.15) is 0 Å². The molecule has 0 rings (SSSR count). The summed E-state index contributed by atoms with van der Waals surface area (Å²) in [6.07, 6.45) is 25.8. The Labute approximate surface area is 195 Å². The average molecular weight is 466 g/mol. The number of allylic oxidation sites excluding steroid dienone is 2. The molecule has 6 heteroatoms. The summed E-state index contributed by atoms with van der Waals surface area (Å²) in [5.41, 5.74) is 4.38. The number of quaternary nitrogens is 1. The molecule has 182 valence electrons. The maximum Gasteiger partial charge on any atom is 0.503 e. The number of hydrogen-bond acceptors (Lipinski definition) is 3. The monoisotopic (exact) mass is 465 g/mol. The predicted octanol–water partition coefficient (Wildman–Crippen LogP) is 3.30. The molecular formula is C24H52ClNO3Si. The summed E-state index contributed by atoms with van der Waals surface area (Å²) in [6, 6.07) is 0. The highest BCUT2D eigenvalue weighted by molar-refractivity contribution is 6.62. The van der Waals surface area contributed by atoms with Crippen molar-refractivity contribution >= 4 is 8.80 Å². The van der Waals surface area contributed by atoms with E-state index in [0.717, 1.165) is 19.4 Å². The van der Waals surface area contributed by atoms with E-state index >= 15 is 0 Å². The molecule has 0 aliphatic heterocycles. The van der Waals surface area contributed by atoms with E-state index in [0.29, 0.717) is 5.54 Å². The van der Waals surface area contributed by atoms with E-state index in [-0.39, 0.29) is 12.4 Å². The number of halogens is 1. The molecule has 3 N–H and O–H groups in total. The second kappa shape index (κ2) is 23.7. The Morgan fingerprint density at radius 3 is 1.53 bits per heavy atom. The van der Waals surface area contributed by atoms with Gasteiger partial charge in [-0.1, -0.05) is 83.3 Å². The van der Waals surface area contributed by atoms with Gasteiger partial charge < -0.3 is 31.4 Å². The zero-order valence-electron chi connectivity index (χ0n) is 20.6. The average Bonchev–Trinajstić information content (AvgIpc) is 2.75. The van der Waals surface area contributed by atoms with E-state index in [9.17, 15) is 0 Å². The summed E-state index contributed by atoms with van der Waals surface area (Å²) >= 11 is 0. The summed E-state index contributed by atoms with van der Waals surface area (Å²) in [4.78, 5) is 0. The highest BCUT2D eigenvalue weighted by Crippen LogP contribution is 2.32. The van der Waals surface area contributed by atoms with Gasteiger partial charge in [-0.15, -0.1) is 0 Å². The summed E-state index contributed by atoms with van der Waals surface area (Å²) < 4.78 is 17.1. The van der Waals surface area contributed by atoms with Gasteiger partial charge in [0, 0.05) is 33.3 Å². The van der Waals surface area contributed by atoms with Crippen molar-refractivity contribution in [2.45, 2.75) is 115 Å². The van der Waals surface area contributed by atoms with Crippen molar-refractivity contribution in [1.82, 2.24) is 0 Å². The number of unbranched alkanes of at least 4 members (excludes halogenated alkanes) is 12. The van der Waals surface area contributed by atoms with Crippen molar-refractivity contribution in [3.8, 4) is 0 Å². The topological polar surface area (TPSA) is 55.3 Å². The van der Waals surface area contributed by atoms with Crippen LogP contribution < -0.4 is 18.1 Å². The van der Waals surface area contributed by atoms with Gasteiger partial charge in [0.25, 0.3) is 0 Å². The van der Waals surface area contributed by atoms with Gasteiger partial charge in [0.05, 0.1) is 6.54 Å². The first-order chi connectivity index (χ1) is 14.2. The third-order valence-corrected chi connectivity index (χ3v) is 9.25. The van der Waals surface area contributed by atoms with E-state index < -0.39 is 8.80 Å². The molecule has 1 atom stereocenters. The highest BCUT2D eigenvalue weighted by atomic mass is 35.5. The smallest absolute Gasteiger partial charge is 0.503 e. The first-order valence-electron chi connectivity index (χ1n) is 12.3. The summed E-state index contributed by atoms with van der Waals surface area (Å²) in [5.74, 6) is 0. The van der Waals surface area contributed by atoms with E-state index in [1.54, 1.807) is 21.3 Å². The van der Waals surface area contributed by atoms with Crippen molar-refractivity contribution in [3.63, 3.8) is 0 Å². The summed E-state index contributed by atoms with van der Waals surface area (Å²) in [5, 5.41) is 0. The van der Waals surface area contributed by atoms with Crippen LogP contribution in [0.3, 0.4) is 0 Å². The predicted molar refractivity (Wildman–Crippen MR) is 127 cm³/mol. The van der Waals surface area contributed by atoms with Crippen LogP contribution in [0.25, 0.3) is 0 Å². The van der Waals surface area contributed by atoms with Gasteiger partial charge >= 0.3 is 8.80 Å². The zero-order chi connectivity index (χ0) is 21.6. The van der Waals surface area contributed by atoms with Gasteiger partial charge in [0.15, 0.2) is 0 Å². The Balaban J connectivity index is 0. The van der Waals surface area contributed by atoms with E-state index in [2.05, 4.69) is 24.8 Å². The quantitative estimate of drug-likeness (QED) is 0.151. The van der Waals surface area contributed by atoms with Crippen LogP contribution in [0.15, 0.2) is 12.2 Å². The Morgan fingerprint density at radius 2 is 1.10 bits per heavy atom. The maximum atomic E-state index is 5.69. The standard InChI is InChI=1S/C24H51NO3Si.ClH/c1-5-6-7-8-9-10-11-12-13-14-15-16-17-18-19-20-21-24(22-23-25)29(26-2,27-3)28-4;/h15-16,24H,5-14,17-23,25H2,1-4H3;1H/b16-15-;. The second-order valence-electron chi connectivity index (χ2n) is 8.28. The van der Waals surface area contributed by atoms with E-state index in [4.69, 9.17) is 13.3 Å². The first kappa shape index (κ1) is 32.3. The molecule has 0 fully saturated rings. The van der Waals surface area contributed by atoms with E-state index in [1.807, 2.05) is 0 Å². The van der Waals surface area contributed by atoms with Crippen molar-refractivity contribution in [2.24, 2.45) is 0 Å². The number of hydrogen-bond donors (Lipinski definition) is 1. The molecule has 1 unspecified atom stereocenters. The molecule has 30 heavy (non-hydrogen) atoms. The molecule has 0 aliphatic carbocycles. The van der Waals surface area contributed by atoms with Crippen LogP contribution in [-0.2, 0) is 13.3 Å². The van der Waals surface area contributed by atoms with Gasteiger partial charge in [0.1, 0.15) is 0 Å². The molecule has 0 aromatic rings. The fourth-order valence-corrected chi connectivity index (χ4v) is 6.75. The molecule has 0 saturated carbocycles. The molecule has 0 spiro atoms. The third kappa shape index (κ3) is 15.8. The van der Waals surface area contributed by atoms with Crippen LogP contribution in [0.5, 0.6) is 0 Å². The van der Waals surface area contributed by atoms with Gasteiger partial charge in [-0.3, -0.25) is 0 Å². The molecule has 0 saturated heterocycles. The molecule has 0 aromatic heterocycles. The van der Waals surface area contributed by atoms with Crippen LogP contribution in [0.2, 0.25) is 5.54 Å². The lowest BCUT2D eigenvalue weighted by Gasteiger charge is -2.32. The molecule has 0 aromatic carbocycles. The fourth-order valence-electron chi connectivity index (χ4n) is 4.13. The summed E-state index contributed by atoms with van der Waals surface area (Å²) in [7, 11) is 2.62. The van der Waals surface area contributed by atoms with Crippen molar-refractivity contribution in [2.75, 3.05) is 27.9 Å². The Hall–Kier alpha value is 0.0869. The Morgan fingerprint density at radius 1 is 0.667 bits per heavy atom. The molecule has 0 heterocycles. The van der Waals surface area contributed by atoms with Crippen molar-refractivity contribution in [1.29, 1.82) is 0 Å². The van der Waals surface area contributed by atoms with Crippen LogP contribution in [0, 0.1) is 0 Å². The highest BCUT2D eigenvalue weighted by Gasteiger charge is 2.46. The Bertz CT molecular complexity index is 360. The maximum absolute atomic E-state index is 5.69. The van der Waals surface area contributed by atoms with Crippen LogP contribution in [0.4, 0.5) is 0 Å². The zero-order valence-corrected chi connectivity index (χ0v) is 22.3. The Kier molecular flexibility index (Phi) is 25.5. The van der Waals surface area contributed by atoms with Gasteiger partial charge in [-0.05, 0) is 32.1 Å². The minimum atomic E-state index is -2.53. The molecule has 4 nitrogen and oxygen atoms in total. The first-order valence-corrected chi connectivity index (χ1v) is 14.1. The van der Waals surface area contributed by atoms with Crippen LogP contribution in [-0.4, -0.2) is 36.7 Å². The molecule has 0 aliphatic rings. The third-order valence-electron chi connectivity index (χ3n) is 5.97. The largest absolute Gasteiger partial charge is 1.00 e. The molecule has 0 bridgehead atoms. The minimum Gasteiger partial charge on any atom is -1.00 e. The fraction of sp³-hybridized carbons (Fsp3) is 0.917. The van der Waals surface area contributed by atoms with Gasteiger partial charge in [-0.25, -0.2) is 0 Å². The molecule has 0 amide bonds. The lowest BCUT2D eigenvalue weighted by Crippen LogP contribution is -3.00. The van der Waals surface area contributed by atoms with Crippen LogP contribution in [0.1, 0.15) is 110 Å².